The second-order valence-corrected chi connectivity index (χ2v) is 11.3. The zero-order chi connectivity index (χ0) is 27.4. The molecule has 0 bridgehead atoms. The summed E-state index contributed by atoms with van der Waals surface area (Å²) < 4.78 is 17.4. The van der Waals surface area contributed by atoms with E-state index in [9.17, 15) is 4.79 Å². The third-order valence-electron chi connectivity index (χ3n) is 7.17. The first-order valence-electron chi connectivity index (χ1n) is 16.1. The summed E-state index contributed by atoms with van der Waals surface area (Å²) in [6.45, 7) is 10.6. The Morgan fingerprint density at radius 1 is 0.568 bits per heavy atom. The number of carbonyl (C=O) groups excluding carboxylic acids is 1. The van der Waals surface area contributed by atoms with Gasteiger partial charge in [0, 0.05) is 13.2 Å². The Morgan fingerprint density at radius 2 is 0.892 bits per heavy atom. The normalized spacial score (nSPS) is 12.5. The molecule has 222 valence electrons. The molecule has 0 spiro atoms. The van der Waals surface area contributed by atoms with E-state index in [1.807, 2.05) is 13.8 Å². The molecule has 0 aromatic rings. The van der Waals surface area contributed by atoms with E-state index in [4.69, 9.17) is 19.9 Å². The predicted molar refractivity (Wildman–Crippen MR) is 158 cm³/mol. The SMILES string of the molecule is CCCCCCCCCCCCOCC(COCCCCCCCCCCCC)OC(=O)[C@@H](N)C(C)C. The number of hydrogen-bond donors (Lipinski definition) is 1. The first-order valence-corrected chi connectivity index (χ1v) is 16.1. The minimum Gasteiger partial charge on any atom is -0.456 e. The van der Waals surface area contributed by atoms with Gasteiger partial charge in [-0.3, -0.25) is 4.79 Å². The van der Waals surface area contributed by atoms with Gasteiger partial charge in [0.25, 0.3) is 0 Å². The number of unbranched alkanes of at least 4 members (excludes halogenated alkanes) is 18. The van der Waals surface area contributed by atoms with Gasteiger partial charge in [-0.25, -0.2) is 0 Å². The highest BCUT2D eigenvalue weighted by Gasteiger charge is 2.23. The third kappa shape index (κ3) is 25.4. The summed E-state index contributed by atoms with van der Waals surface area (Å²) in [7, 11) is 0. The first-order chi connectivity index (χ1) is 18.0. The van der Waals surface area contributed by atoms with E-state index in [2.05, 4.69) is 13.8 Å². The molecule has 0 amide bonds. The third-order valence-corrected chi connectivity index (χ3v) is 7.17. The van der Waals surface area contributed by atoms with Crippen LogP contribution in [0.25, 0.3) is 0 Å². The molecule has 0 saturated heterocycles. The Balaban J connectivity index is 3.95. The molecule has 0 fully saturated rings. The Morgan fingerprint density at radius 3 is 1.22 bits per heavy atom. The number of carbonyl (C=O) groups is 1. The highest BCUT2D eigenvalue weighted by Crippen LogP contribution is 2.12. The van der Waals surface area contributed by atoms with Crippen molar-refractivity contribution in [2.75, 3.05) is 26.4 Å². The van der Waals surface area contributed by atoms with Crippen molar-refractivity contribution in [1.29, 1.82) is 0 Å². The van der Waals surface area contributed by atoms with Crippen molar-refractivity contribution < 1.29 is 19.0 Å². The average molecular weight is 528 g/mol. The van der Waals surface area contributed by atoms with Crippen molar-refractivity contribution >= 4 is 5.97 Å². The fourth-order valence-corrected chi connectivity index (χ4v) is 4.44. The van der Waals surface area contributed by atoms with E-state index >= 15 is 0 Å². The Hall–Kier alpha value is -0.650. The van der Waals surface area contributed by atoms with Crippen LogP contribution in [0.15, 0.2) is 0 Å². The summed E-state index contributed by atoms with van der Waals surface area (Å²) in [6.07, 6.45) is 25.7. The number of nitrogens with two attached hydrogens (primary N) is 1. The van der Waals surface area contributed by atoms with Crippen LogP contribution in [0.3, 0.4) is 0 Å². The van der Waals surface area contributed by atoms with Crippen LogP contribution in [0.1, 0.15) is 156 Å². The quantitative estimate of drug-likeness (QED) is 0.0777. The molecule has 0 aliphatic heterocycles. The zero-order valence-corrected chi connectivity index (χ0v) is 25.4. The van der Waals surface area contributed by atoms with Crippen LogP contribution >= 0.6 is 0 Å². The molecule has 0 unspecified atom stereocenters. The molecule has 5 heteroatoms. The lowest BCUT2D eigenvalue weighted by Gasteiger charge is -2.22. The summed E-state index contributed by atoms with van der Waals surface area (Å²) in [5, 5.41) is 0. The minimum absolute atomic E-state index is 0.0493. The van der Waals surface area contributed by atoms with Crippen LogP contribution in [0.4, 0.5) is 0 Å². The van der Waals surface area contributed by atoms with Gasteiger partial charge in [-0.1, -0.05) is 143 Å². The van der Waals surface area contributed by atoms with E-state index in [1.165, 1.54) is 116 Å². The van der Waals surface area contributed by atoms with Crippen LogP contribution in [0.5, 0.6) is 0 Å². The van der Waals surface area contributed by atoms with Gasteiger partial charge < -0.3 is 19.9 Å². The predicted octanol–water partition coefficient (Wildman–Crippen LogP) is 8.76. The molecule has 0 aromatic heterocycles. The molecular formula is C32H65NO4. The smallest absolute Gasteiger partial charge is 0.323 e. The molecule has 0 rings (SSSR count). The second kappa shape index (κ2) is 28.4. The van der Waals surface area contributed by atoms with Gasteiger partial charge in [-0.05, 0) is 18.8 Å². The average Bonchev–Trinajstić information content (AvgIpc) is 2.89. The van der Waals surface area contributed by atoms with E-state index < -0.39 is 6.04 Å². The Kier molecular flexibility index (Phi) is 27.9. The molecule has 0 saturated carbocycles. The standard InChI is InChI=1S/C32H65NO4/c1-5-7-9-11-13-15-17-19-21-23-25-35-27-30(37-32(34)31(33)29(3)4)28-36-26-24-22-20-18-16-14-12-10-8-6-2/h29-31H,5-28,33H2,1-4H3/t31-/m0/s1. The van der Waals surface area contributed by atoms with Gasteiger partial charge in [-0.2, -0.15) is 0 Å². The van der Waals surface area contributed by atoms with Crippen molar-refractivity contribution in [1.82, 2.24) is 0 Å². The lowest BCUT2D eigenvalue weighted by Crippen LogP contribution is -2.41. The highest BCUT2D eigenvalue weighted by atomic mass is 16.6. The Bertz CT molecular complexity index is 444. The summed E-state index contributed by atoms with van der Waals surface area (Å²) in [5.41, 5.74) is 5.99. The van der Waals surface area contributed by atoms with Crippen LogP contribution in [0, 0.1) is 5.92 Å². The molecule has 37 heavy (non-hydrogen) atoms. The molecule has 0 aromatic carbocycles. The van der Waals surface area contributed by atoms with Crippen molar-refractivity contribution in [2.24, 2.45) is 11.7 Å². The summed E-state index contributed by atoms with van der Waals surface area (Å²) in [5.74, 6) is -0.307. The van der Waals surface area contributed by atoms with E-state index in [0.717, 1.165) is 12.8 Å². The largest absolute Gasteiger partial charge is 0.456 e. The lowest BCUT2D eigenvalue weighted by atomic mass is 10.1. The zero-order valence-electron chi connectivity index (χ0n) is 25.4. The number of esters is 1. The van der Waals surface area contributed by atoms with Crippen LogP contribution in [0.2, 0.25) is 0 Å². The molecule has 1 atom stereocenters. The molecule has 0 aliphatic carbocycles. The summed E-state index contributed by atoms with van der Waals surface area (Å²) in [4.78, 5) is 12.4. The highest BCUT2D eigenvalue weighted by molar-refractivity contribution is 5.75. The molecule has 5 nitrogen and oxygen atoms in total. The topological polar surface area (TPSA) is 70.8 Å². The summed E-state index contributed by atoms with van der Waals surface area (Å²) in [6, 6.07) is -0.605. The fourth-order valence-electron chi connectivity index (χ4n) is 4.44. The van der Waals surface area contributed by atoms with Crippen LogP contribution in [-0.2, 0) is 19.0 Å². The van der Waals surface area contributed by atoms with Crippen molar-refractivity contribution in [3.8, 4) is 0 Å². The molecule has 2 N–H and O–H groups in total. The lowest BCUT2D eigenvalue weighted by molar-refractivity contribution is -0.158. The molecule has 0 heterocycles. The molecule has 0 radical (unpaired) electrons. The fraction of sp³-hybridized carbons (Fsp3) is 0.969. The monoisotopic (exact) mass is 527 g/mol. The first kappa shape index (κ1) is 36.4. The maximum Gasteiger partial charge on any atom is 0.323 e. The van der Waals surface area contributed by atoms with E-state index in [1.54, 1.807) is 0 Å². The van der Waals surface area contributed by atoms with Gasteiger partial charge in [0.1, 0.15) is 12.1 Å². The van der Waals surface area contributed by atoms with Gasteiger partial charge >= 0.3 is 5.97 Å². The van der Waals surface area contributed by atoms with E-state index in [0.29, 0.717) is 26.4 Å². The van der Waals surface area contributed by atoms with Gasteiger partial charge in [0.2, 0.25) is 0 Å². The van der Waals surface area contributed by atoms with Crippen molar-refractivity contribution in [3.63, 3.8) is 0 Å². The van der Waals surface area contributed by atoms with Crippen molar-refractivity contribution in [2.45, 2.75) is 168 Å². The van der Waals surface area contributed by atoms with Crippen molar-refractivity contribution in [3.05, 3.63) is 0 Å². The van der Waals surface area contributed by atoms with E-state index in [-0.39, 0.29) is 18.0 Å². The van der Waals surface area contributed by atoms with Gasteiger partial charge in [0.05, 0.1) is 13.2 Å². The minimum atomic E-state index is -0.605. The maximum absolute atomic E-state index is 12.4. The number of ether oxygens (including phenoxy) is 3. The van der Waals surface area contributed by atoms with Crippen LogP contribution in [-0.4, -0.2) is 44.5 Å². The maximum atomic E-state index is 12.4. The molecular weight excluding hydrogens is 462 g/mol. The number of hydrogen-bond acceptors (Lipinski definition) is 5. The summed E-state index contributed by atoms with van der Waals surface area (Å²) >= 11 is 0. The second-order valence-electron chi connectivity index (χ2n) is 11.3. The van der Waals surface area contributed by atoms with Crippen LogP contribution < -0.4 is 5.73 Å². The van der Waals surface area contributed by atoms with Gasteiger partial charge in [-0.15, -0.1) is 0 Å². The molecule has 0 aliphatic rings. The number of rotatable bonds is 29. The van der Waals surface area contributed by atoms with Gasteiger partial charge in [0.15, 0.2) is 0 Å². The Labute approximate surface area is 231 Å².